The number of amides is 1. The lowest BCUT2D eigenvalue weighted by Gasteiger charge is -2.32. The molecule has 2 rings (SSSR count). The number of carbonyl (C=O) groups excluding carboxylic acids is 1. The molecule has 1 aromatic heterocycles. The standard InChI is InChI=1S/C13H18N2O/c1-13(2,11-7-4-8-14-9-11)15-12(16)10-5-3-6-10/h4,7-10H,3,5-6H2,1-2H3,(H,15,16). The number of aromatic nitrogens is 1. The molecule has 0 unspecified atom stereocenters. The summed E-state index contributed by atoms with van der Waals surface area (Å²) in [7, 11) is 0. The van der Waals surface area contributed by atoms with Gasteiger partial charge in [0, 0.05) is 18.3 Å². The normalized spacial score (nSPS) is 16.6. The molecule has 1 aliphatic carbocycles. The Morgan fingerprint density at radius 1 is 1.50 bits per heavy atom. The molecule has 3 nitrogen and oxygen atoms in total. The zero-order chi connectivity index (χ0) is 11.6. The van der Waals surface area contributed by atoms with Crippen molar-refractivity contribution in [2.24, 2.45) is 5.92 Å². The van der Waals surface area contributed by atoms with Crippen LogP contribution < -0.4 is 5.32 Å². The van der Waals surface area contributed by atoms with E-state index in [1.54, 1.807) is 12.4 Å². The Kier molecular flexibility index (Phi) is 2.95. The van der Waals surface area contributed by atoms with Crippen molar-refractivity contribution in [3.05, 3.63) is 30.1 Å². The SMILES string of the molecule is CC(C)(NC(=O)C1CCC1)c1cccnc1. The van der Waals surface area contributed by atoms with Crippen molar-refractivity contribution in [2.75, 3.05) is 0 Å². The average Bonchev–Trinajstić information content (AvgIpc) is 2.15. The van der Waals surface area contributed by atoms with Crippen LogP contribution in [0.3, 0.4) is 0 Å². The van der Waals surface area contributed by atoms with Gasteiger partial charge in [0.1, 0.15) is 0 Å². The highest BCUT2D eigenvalue weighted by molar-refractivity contribution is 5.80. The quantitative estimate of drug-likeness (QED) is 0.845. The van der Waals surface area contributed by atoms with Crippen molar-refractivity contribution in [1.29, 1.82) is 0 Å². The fourth-order valence-electron chi connectivity index (χ4n) is 1.89. The minimum atomic E-state index is -0.332. The van der Waals surface area contributed by atoms with Gasteiger partial charge in [-0.15, -0.1) is 0 Å². The Morgan fingerprint density at radius 3 is 2.75 bits per heavy atom. The molecule has 0 bridgehead atoms. The molecule has 0 atom stereocenters. The Hall–Kier alpha value is -1.38. The van der Waals surface area contributed by atoms with Gasteiger partial charge in [-0.3, -0.25) is 9.78 Å². The highest BCUT2D eigenvalue weighted by Gasteiger charge is 2.30. The van der Waals surface area contributed by atoms with Crippen LogP contribution >= 0.6 is 0 Å². The van der Waals surface area contributed by atoms with E-state index in [2.05, 4.69) is 10.3 Å². The zero-order valence-corrected chi connectivity index (χ0v) is 9.86. The summed E-state index contributed by atoms with van der Waals surface area (Å²) in [6.45, 7) is 4.03. The second kappa shape index (κ2) is 4.24. The van der Waals surface area contributed by atoms with Crippen LogP contribution in [0.5, 0.6) is 0 Å². The molecule has 86 valence electrons. The lowest BCUT2D eigenvalue weighted by atomic mass is 9.83. The maximum Gasteiger partial charge on any atom is 0.223 e. The molecule has 1 heterocycles. The Balaban J connectivity index is 2.04. The van der Waals surface area contributed by atoms with Crippen LogP contribution in [0.4, 0.5) is 0 Å². The third-order valence-corrected chi connectivity index (χ3v) is 3.29. The molecule has 1 saturated carbocycles. The lowest BCUT2D eigenvalue weighted by molar-refractivity contribution is -0.129. The van der Waals surface area contributed by atoms with Gasteiger partial charge in [-0.2, -0.15) is 0 Å². The zero-order valence-electron chi connectivity index (χ0n) is 9.86. The molecule has 16 heavy (non-hydrogen) atoms. The van der Waals surface area contributed by atoms with Gasteiger partial charge >= 0.3 is 0 Å². The van der Waals surface area contributed by atoms with E-state index in [1.165, 1.54) is 6.42 Å². The molecule has 0 radical (unpaired) electrons. The molecular formula is C13H18N2O. The molecule has 1 aromatic rings. The average molecular weight is 218 g/mol. The summed E-state index contributed by atoms with van der Waals surface area (Å²) in [6, 6.07) is 3.89. The van der Waals surface area contributed by atoms with Gasteiger partial charge in [-0.25, -0.2) is 0 Å². The number of carbonyl (C=O) groups is 1. The Labute approximate surface area is 96.3 Å². The van der Waals surface area contributed by atoms with Gasteiger partial charge in [0.2, 0.25) is 5.91 Å². The van der Waals surface area contributed by atoms with Gasteiger partial charge in [0.05, 0.1) is 5.54 Å². The van der Waals surface area contributed by atoms with Crippen molar-refractivity contribution in [3.8, 4) is 0 Å². The van der Waals surface area contributed by atoms with Crippen LogP contribution in [0, 0.1) is 5.92 Å². The van der Waals surface area contributed by atoms with Crippen LogP contribution in [0.1, 0.15) is 38.7 Å². The predicted octanol–water partition coefficient (Wildman–Crippen LogP) is 2.23. The largest absolute Gasteiger partial charge is 0.347 e. The topological polar surface area (TPSA) is 42.0 Å². The van der Waals surface area contributed by atoms with Crippen LogP contribution in [0.25, 0.3) is 0 Å². The van der Waals surface area contributed by atoms with Crippen molar-refractivity contribution in [2.45, 2.75) is 38.6 Å². The van der Waals surface area contributed by atoms with E-state index < -0.39 is 0 Å². The molecule has 1 aliphatic rings. The number of hydrogen-bond donors (Lipinski definition) is 1. The molecule has 1 amide bonds. The van der Waals surface area contributed by atoms with Gasteiger partial charge in [0.25, 0.3) is 0 Å². The highest BCUT2D eigenvalue weighted by Crippen LogP contribution is 2.28. The molecular weight excluding hydrogens is 200 g/mol. The van der Waals surface area contributed by atoms with Crippen LogP contribution in [0.2, 0.25) is 0 Å². The molecule has 0 aliphatic heterocycles. The molecule has 1 fully saturated rings. The van der Waals surface area contributed by atoms with E-state index in [4.69, 9.17) is 0 Å². The molecule has 0 aromatic carbocycles. The molecule has 1 N–H and O–H groups in total. The van der Waals surface area contributed by atoms with Gasteiger partial charge < -0.3 is 5.32 Å². The van der Waals surface area contributed by atoms with Gasteiger partial charge in [-0.1, -0.05) is 12.5 Å². The second-order valence-corrected chi connectivity index (χ2v) is 4.98. The summed E-state index contributed by atoms with van der Waals surface area (Å²) in [4.78, 5) is 16.0. The number of hydrogen-bond acceptors (Lipinski definition) is 2. The summed E-state index contributed by atoms with van der Waals surface area (Å²) in [6.07, 6.45) is 6.81. The number of rotatable bonds is 3. The minimum absolute atomic E-state index is 0.181. The lowest BCUT2D eigenvalue weighted by Crippen LogP contribution is -2.45. The summed E-state index contributed by atoms with van der Waals surface area (Å²) in [5, 5.41) is 3.10. The van der Waals surface area contributed by atoms with E-state index in [9.17, 15) is 4.79 Å². The molecule has 3 heteroatoms. The van der Waals surface area contributed by atoms with Gasteiger partial charge in [0.15, 0.2) is 0 Å². The summed E-state index contributed by atoms with van der Waals surface area (Å²) < 4.78 is 0. The fourth-order valence-corrected chi connectivity index (χ4v) is 1.89. The monoisotopic (exact) mass is 218 g/mol. The highest BCUT2D eigenvalue weighted by atomic mass is 16.2. The number of pyridine rings is 1. The Bertz CT molecular complexity index is 369. The Morgan fingerprint density at radius 2 is 2.25 bits per heavy atom. The van der Waals surface area contributed by atoms with Crippen molar-refractivity contribution in [1.82, 2.24) is 10.3 Å². The van der Waals surface area contributed by atoms with E-state index in [-0.39, 0.29) is 17.4 Å². The van der Waals surface area contributed by atoms with Crippen molar-refractivity contribution < 1.29 is 4.79 Å². The van der Waals surface area contributed by atoms with Gasteiger partial charge in [-0.05, 0) is 38.3 Å². The van der Waals surface area contributed by atoms with Crippen LogP contribution in [-0.2, 0) is 10.3 Å². The second-order valence-electron chi connectivity index (χ2n) is 4.98. The van der Waals surface area contributed by atoms with Crippen molar-refractivity contribution >= 4 is 5.91 Å². The van der Waals surface area contributed by atoms with Crippen LogP contribution in [-0.4, -0.2) is 10.9 Å². The summed E-state index contributed by atoms with van der Waals surface area (Å²) in [5.74, 6) is 0.413. The summed E-state index contributed by atoms with van der Waals surface area (Å²) >= 11 is 0. The predicted molar refractivity (Wildman–Crippen MR) is 62.7 cm³/mol. The first-order chi connectivity index (χ1) is 7.59. The fraction of sp³-hybridized carbons (Fsp3) is 0.538. The first kappa shape index (κ1) is 11.1. The maximum absolute atomic E-state index is 11.9. The summed E-state index contributed by atoms with van der Waals surface area (Å²) in [5.41, 5.74) is 0.712. The smallest absolute Gasteiger partial charge is 0.223 e. The first-order valence-corrected chi connectivity index (χ1v) is 5.82. The first-order valence-electron chi connectivity index (χ1n) is 5.82. The van der Waals surface area contributed by atoms with E-state index >= 15 is 0 Å². The molecule has 0 spiro atoms. The minimum Gasteiger partial charge on any atom is -0.347 e. The third kappa shape index (κ3) is 2.23. The maximum atomic E-state index is 11.9. The molecule has 0 saturated heterocycles. The third-order valence-electron chi connectivity index (χ3n) is 3.29. The van der Waals surface area contributed by atoms with Crippen molar-refractivity contribution in [3.63, 3.8) is 0 Å². The van der Waals surface area contributed by atoms with E-state index in [0.29, 0.717) is 0 Å². The number of nitrogens with zero attached hydrogens (tertiary/aromatic N) is 1. The number of nitrogens with one attached hydrogen (secondary N) is 1. The van der Waals surface area contributed by atoms with Crippen LogP contribution in [0.15, 0.2) is 24.5 Å². The van der Waals surface area contributed by atoms with E-state index in [1.807, 2.05) is 26.0 Å². The van der Waals surface area contributed by atoms with E-state index in [0.717, 1.165) is 18.4 Å².